The largest absolute Gasteiger partial charge is 0.198 e. The molecular weight excluding hydrogens is 230 g/mol. The van der Waals surface area contributed by atoms with Crippen molar-refractivity contribution in [3.05, 3.63) is 0 Å². The summed E-state index contributed by atoms with van der Waals surface area (Å²) < 4.78 is 0. The molecule has 0 aromatic carbocycles. The second kappa shape index (κ2) is 5.47. The van der Waals surface area contributed by atoms with Crippen LogP contribution >= 0.6 is 0 Å². The van der Waals surface area contributed by atoms with Crippen molar-refractivity contribution in [3.63, 3.8) is 0 Å². The van der Waals surface area contributed by atoms with Gasteiger partial charge in [-0.1, -0.05) is 26.2 Å². The van der Waals surface area contributed by atoms with Crippen molar-refractivity contribution in [2.75, 3.05) is 0 Å². The molecule has 0 aromatic rings. The fraction of sp³-hybridized carbons (Fsp3) is 0.944. The molecule has 3 rings (SSSR count). The molecule has 3 aliphatic carbocycles. The van der Waals surface area contributed by atoms with Gasteiger partial charge in [0.2, 0.25) is 0 Å². The number of nitriles is 1. The molecule has 0 radical (unpaired) electrons. The summed E-state index contributed by atoms with van der Waals surface area (Å²) in [7, 11) is 0. The average molecular weight is 259 g/mol. The van der Waals surface area contributed by atoms with Gasteiger partial charge in [-0.2, -0.15) is 5.26 Å². The van der Waals surface area contributed by atoms with Crippen molar-refractivity contribution in [2.24, 2.45) is 29.1 Å². The third-order valence-corrected chi connectivity index (χ3v) is 6.89. The maximum atomic E-state index is 9.08. The quantitative estimate of drug-likeness (QED) is 0.625. The SMILES string of the molecule is C[C@]12CCCC[C@@H]1CCCC2C1CCC(C#N)CC1. The van der Waals surface area contributed by atoms with Crippen LogP contribution in [-0.2, 0) is 0 Å². The minimum absolute atomic E-state index is 0.370. The zero-order valence-electron chi connectivity index (χ0n) is 12.5. The molecule has 1 unspecified atom stereocenters. The smallest absolute Gasteiger partial charge is 0.0655 e. The van der Waals surface area contributed by atoms with E-state index in [-0.39, 0.29) is 0 Å². The van der Waals surface area contributed by atoms with E-state index in [0.29, 0.717) is 11.3 Å². The molecule has 0 aliphatic heterocycles. The topological polar surface area (TPSA) is 23.8 Å². The van der Waals surface area contributed by atoms with Crippen LogP contribution in [0.3, 0.4) is 0 Å². The van der Waals surface area contributed by atoms with Gasteiger partial charge in [-0.15, -0.1) is 0 Å². The van der Waals surface area contributed by atoms with Gasteiger partial charge in [0.15, 0.2) is 0 Å². The lowest BCUT2D eigenvalue weighted by atomic mass is 9.51. The Labute approximate surface area is 118 Å². The zero-order valence-corrected chi connectivity index (χ0v) is 12.5. The van der Waals surface area contributed by atoms with Crippen LogP contribution in [0.1, 0.15) is 77.6 Å². The second-order valence-electron chi connectivity index (χ2n) is 7.73. The molecule has 1 nitrogen and oxygen atoms in total. The van der Waals surface area contributed by atoms with Gasteiger partial charge in [-0.3, -0.25) is 0 Å². The van der Waals surface area contributed by atoms with E-state index in [9.17, 15) is 0 Å². The molecule has 0 heterocycles. The average Bonchev–Trinajstić information content (AvgIpc) is 2.46. The van der Waals surface area contributed by atoms with Crippen molar-refractivity contribution in [1.29, 1.82) is 5.26 Å². The molecule has 0 saturated heterocycles. The summed E-state index contributed by atoms with van der Waals surface area (Å²) in [6, 6.07) is 2.49. The molecule has 0 spiro atoms. The van der Waals surface area contributed by atoms with Gasteiger partial charge in [0.1, 0.15) is 0 Å². The van der Waals surface area contributed by atoms with Gasteiger partial charge in [0, 0.05) is 5.92 Å². The van der Waals surface area contributed by atoms with E-state index < -0.39 is 0 Å². The van der Waals surface area contributed by atoms with Crippen LogP contribution in [0.15, 0.2) is 0 Å². The summed E-state index contributed by atoms with van der Waals surface area (Å²) >= 11 is 0. The highest BCUT2D eigenvalue weighted by Gasteiger charge is 2.47. The molecule has 3 saturated carbocycles. The first-order chi connectivity index (χ1) is 9.24. The van der Waals surface area contributed by atoms with Crippen LogP contribution in [0, 0.1) is 40.4 Å². The molecule has 3 aliphatic rings. The first kappa shape index (κ1) is 13.5. The Morgan fingerprint density at radius 2 is 1.63 bits per heavy atom. The van der Waals surface area contributed by atoms with Crippen LogP contribution in [0.5, 0.6) is 0 Å². The van der Waals surface area contributed by atoms with Gasteiger partial charge < -0.3 is 0 Å². The molecule has 3 atom stereocenters. The fourth-order valence-electron chi connectivity index (χ4n) is 5.73. The Morgan fingerprint density at radius 3 is 2.37 bits per heavy atom. The summed E-state index contributed by atoms with van der Waals surface area (Å²) in [6.07, 6.45) is 15.4. The normalized spacial score (nSPS) is 47.2. The molecule has 0 N–H and O–H groups in total. The fourth-order valence-corrected chi connectivity index (χ4v) is 5.73. The van der Waals surface area contributed by atoms with E-state index >= 15 is 0 Å². The zero-order chi connectivity index (χ0) is 13.3. The molecule has 19 heavy (non-hydrogen) atoms. The highest BCUT2D eigenvalue weighted by Crippen LogP contribution is 2.57. The Hall–Kier alpha value is -0.510. The third kappa shape index (κ3) is 2.44. The van der Waals surface area contributed by atoms with Crippen LogP contribution < -0.4 is 0 Å². The van der Waals surface area contributed by atoms with E-state index in [2.05, 4.69) is 13.0 Å². The van der Waals surface area contributed by atoms with E-state index in [0.717, 1.165) is 17.8 Å². The van der Waals surface area contributed by atoms with Gasteiger partial charge in [-0.25, -0.2) is 0 Å². The molecule has 0 amide bonds. The summed E-state index contributed by atoms with van der Waals surface area (Å²) in [4.78, 5) is 0. The Balaban J connectivity index is 1.71. The van der Waals surface area contributed by atoms with Crippen molar-refractivity contribution in [1.82, 2.24) is 0 Å². The summed E-state index contributed by atoms with van der Waals surface area (Å²) in [5.41, 5.74) is 0.653. The Kier molecular flexibility index (Phi) is 3.88. The molecular formula is C18H29N. The lowest BCUT2D eigenvalue weighted by molar-refractivity contribution is -0.0382. The highest BCUT2D eigenvalue weighted by atomic mass is 14.5. The molecule has 0 aromatic heterocycles. The molecule has 1 heteroatoms. The summed E-state index contributed by atoms with van der Waals surface area (Å²) in [6.45, 7) is 2.62. The van der Waals surface area contributed by atoms with Gasteiger partial charge >= 0.3 is 0 Å². The van der Waals surface area contributed by atoms with Gasteiger partial charge in [-0.05, 0) is 74.5 Å². The predicted octanol–water partition coefficient (Wildman–Crippen LogP) is 5.31. The van der Waals surface area contributed by atoms with E-state index in [1.54, 1.807) is 0 Å². The molecule has 3 fully saturated rings. The summed E-state index contributed by atoms with van der Waals surface area (Å²) in [5.74, 6) is 3.31. The summed E-state index contributed by atoms with van der Waals surface area (Å²) in [5, 5.41) is 9.08. The first-order valence-corrected chi connectivity index (χ1v) is 8.63. The van der Waals surface area contributed by atoms with Crippen LogP contribution in [0.2, 0.25) is 0 Å². The van der Waals surface area contributed by atoms with Crippen LogP contribution in [0.4, 0.5) is 0 Å². The van der Waals surface area contributed by atoms with Gasteiger partial charge in [0.05, 0.1) is 6.07 Å². The van der Waals surface area contributed by atoms with Crippen molar-refractivity contribution >= 4 is 0 Å². The number of hydrogen-bond donors (Lipinski definition) is 0. The number of hydrogen-bond acceptors (Lipinski definition) is 1. The lowest BCUT2D eigenvalue weighted by Crippen LogP contribution is -2.45. The van der Waals surface area contributed by atoms with Crippen LogP contribution in [-0.4, -0.2) is 0 Å². The molecule has 106 valence electrons. The number of rotatable bonds is 1. The van der Waals surface area contributed by atoms with Crippen molar-refractivity contribution < 1.29 is 0 Å². The van der Waals surface area contributed by atoms with E-state index in [4.69, 9.17) is 5.26 Å². The standard InChI is InChI=1S/C18H29N/c1-18-12-3-2-5-16(18)6-4-7-17(18)15-10-8-14(13-19)9-11-15/h14-17H,2-12H2,1H3/t14?,15?,16-,17?,18+/m1/s1. The first-order valence-electron chi connectivity index (χ1n) is 8.63. The minimum atomic E-state index is 0.370. The highest BCUT2D eigenvalue weighted by molar-refractivity contribution is 4.99. The number of nitrogens with zero attached hydrogens (tertiary/aromatic N) is 1. The lowest BCUT2D eigenvalue weighted by Gasteiger charge is -2.54. The second-order valence-corrected chi connectivity index (χ2v) is 7.73. The van der Waals surface area contributed by atoms with Crippen LogP contribution in [0.25, 0.3) is 0 Å². The van der Waals surface area contributed by atoms with Crippen molar-refractivity contribution in [2.45, 2.75) is 77.6 Å². The van der Waals surface area contributed by atoms with Crippen molar-refractivity contribution in [3.8, 4) is 6.07 Å². The van der Waals surface area contributed by atoms with E-state index in [1.165, 1.54) is 70.6 Å². The maximum absolute atomic E-state index is 9.08. The Morgan fingerprint density at radius 1 is 0.895 bits per heavy atom. The number of fused-ring (bicyclic) bond motifs is 1. The molecule has 0 bridgehead atoms. The van der Waals surface area contributed by atoms with Gasteiger partial charge in [0.25, 0.3) is 0 Å². The minimum Gasteiger partial charge on any atom is -0.198 e. The monoisotopic (exact) mass is 259 g/mol. The maximum Gasteiger partial charge on any atom is 0.0655 e. The Bertz CT molecular complexity index is 345. The van der Waals surface area contributed by atoms with E-state index in [1.807, 2.05) is 0 Å². The third-order valence-electron chi connectivity index (χ3n) is 6.89. The predicted molar refractivity (Wildman–Crippen MR) is 78.5 cm³/mol.